The molecule has 0 radical (unpaired) electrons. The van der Waals surface area contributed by atoms with E-state index in [2.05, 4.69) is 12.2 Å². The molecule has 0 spiro atoms. The monoisotopic (exact) mass is 334 g/mol. The number of nitriles is 1. The number of unbranched alkanes of at least 4 members (excludes halogenated alkanes) is 2. The minimum Gasteiger partial charge on any atom is -0.494 e. The molecular formula is C21H22N2O2. The minimum atomic E-state index is -0.423. The first-order valence-corrected chi connectivity index (χ1v) is 8.44. The maximum Gasteiger partial charge on any atom is 0.266 e. The third-order valence-electron chi connectivity index (χ3n) is 3.60. The molecule has 25 heavy (non-hydrogen) atoms. The zero-order valence-corrected chi connectivity index (χ0v) is 14.4. The summed E-state index contributed by atoms with van der Waals surface area (Å²) in [6.45, 7) is 2.85. The Bertz CT molecular complexity index is 744. The fraction of sp³-hybridized carbons (Fsp3) is 0.238. The van der Waals surface area contributed by atoms with Crippen molar-refractivity contribution in [2.24, 2.45) is 0 Å². The average molecular weight is 334 g/mol. The standard InChI is InChI=1S/C21H22N2O2/c1-2-3-7-14-25-20-12-10-17(11-13-20)15-18(16-22)21(24)23-19-8-5-4-6-9-19/h4-6,8-13,15H,2-3,7,14H2,1H3,(H,23,24). The summed E-state index contributed by atoms with van der Waals surface area (Å²) in [4.78, 5) is 12.2. The van der Waals surface area contributed by atoms with Crippen LogP contribution in [0.3, 0.4) is 0 Å². The highest BCUT2D eigenvalue weighted by molar-refractivity contribution is 6.09. The van der Waals surface area contributed by atoms with E-state index in [1.807, 2.05) is 48.5 Å². The molecule has 4 heteroatoms. The van der Waals surface area contributed by atoms with Gasteiger partial charge in [0.05, 0.1) is 6.61 Å². The lowest BCUT2D eigenvalue weighted by Crippen LogP contribution is -2.13. The van der Waals surface area contributed by atoms with Crippen molar-refractivity contribution in [1.29, 1.82) is 5.26 Å². The number of benzene rings is 2. The molecule has 0 saturated heterocycles. The molecule has 0 aromatic heterocycles. The molecule has 0 fully saturated rings. The smallest absolute Gasteiger partial charge is 0.266 e. The number of hydrogen-bond acceptors (Lipinski definition) is 3. The molecule has 0 aliphatic rings. The molecule has 1 N–H and O–H groups in total. The molecule has 0 aliphatic carbocycles. The number of hydrogen-bond donors (Lipinski definition) is 1. The maximum absolute atomic E-state index is 12.2. The third kappa shape index (κ3) is 6.15. The van der Waals surface area contributed by atoms with Gasteiger partial charge in [0.15, 0.2) is 0 Å². The van der Waals surface area contributed by atoms with Gasteiger partial charge in [-0.05, 0) is 42.3 Å². The Morgan fingerprint density at radius 3 is 2.48 bits per heavy atom. The molecule has 2 aromatic carbocycles. The molecule has 0 unspecified atom stereocenters. The van der Waals surface area contributed by atoms with Gasteiger partial charge in [0.2, 0.25) is 0 Å². The highest BCUT2D eigenvalue weighted by atomic mass is 16.5. The first kappa shape index (κ1) is 18.3. The van der Waals surface area contributed by atoms with Gasteiger partial charge in [0, 0.05) is 5.69 Å². The Morgan fingerprint density at radius 1 is 1.12 bits per heavy atom. The van der Waals surface area contributed by atoms with Gasteiger partial charge >= 0.3 is 0 Å². The molecule has 0 heterocycles. The zero-order valence-electron chi connectivity index (χ0n) is 14.4. The van der Waals surface area contributed by atoms with Crippen molar-refractivity contribution >= 4 is 17.7 Å². The van der Waals surface area contributed by atoms with E-state index in [1.54, 1.807) is 18.2 Å². The minimum absolute atomic E-state index is 0.0560. The summed E-state index contributed by atoms with van der Waals surface area (Å²) in [7, 11) is 0. The van der Waals surface area contributed by atoms with Gasteiger partial charge in [-0.25, -0.2) is 0 Å². The van der Waals surface area contributed by atoms with E-state index in [0.29, 0.717) is 12.3 Å². The molecule has 4 nitrogen and oxygen atoms in total. The van der Waals surface area contributed by atoms with E-state index >= 15 is 0 Å². The summed E-state index contributed by atoms with van der Waals surface area (Å²) in [5.41, 5.74) is 1.49. The van der Waals surface area contributed by atoms with E-state index in [0.717, 1.165) is 30.6 Å². The van der Waals surface area contributed by atoms with Gasteiger partial charge < -0.3 is 10.1 Å². The number of rotatable bonds is 8. The van der Waals surface area contributed by atoms with E-state index in [4.69, 9.17) is 4.74 Å². The Hall–Kier alpha value is -3.06. The predicted octanol–water partition coefficient (Wildman–Crippen LogP) is 4.80. The Labute approximate surface area is 148 Å². The number of nitrogens with one attached hydrogen (secondary N) is 1. The van der Waals surface area contributed by atoms with Crippen molar-refractivity contribution in [3.05, 3.63) is 65.7 Å². The fourth-order valence-corrected chi connectivity index (χ4v) is 2.24. The molecular weight excluding hydrogens is 312 g/mol. The third-order valence-corrected chi connectivity index (χ3v) is 3.60. The Morgan fingerprint density at radius 2 is 1.84 bits per heavy atom. The van der Waals surface area contributed by atoms with Crippen LogP contribution in [0, 0.1) is 11.3 Å². The number of amides is 1. The second-order valence-electron chi connectivity index (χ2n) is 5.61. The van der Waals surface area contributed by atoms with Crippen LogP contribution in [0.1, 0.15) is 31.7 Å². The average Bonchev–Trinajstić information content (AvgIpc) is 2.65. The van der Waals surface area contributed by atoms with Gasteiger partial charge in [0.1, 0.15) is 17.4 Å². The lowest BCUT2D eigenvalue weighted by atomic mass is 10.1. The Kier molecular flexibility index (Phi) is 7.27. The molecule has 2 rings (SSSR count). The van der Waals surface area contributed by atoms with Gasteiger partial charge in [0.25, 0.3) is 5.91 Å². The van der Waals surface area contributed by atoms with E-state index in [9.17, 15) is 10.1 Å². The second-order valence-corrected chi connectivity index (χ2v) is 5.61. The molecule has 1 amide bonds. The van der Waals surface area contributed by atoms with Gasteiger partial charge in [-0.1, -0.05) is 50.1 Å². The lowest BCUT2D eigenvalue weighted by molar-refractivity contribution is -0.112. The summed E-state index contributed by atoms with van der Waals surface area (Å²) in [6, 6.07) is 18.4. The van der Waals surface area contributed by atoms with Gasteiger partial charge in [-0.15, -0.1) is 0 Å². The summed E-state index contributed by atoms with van der Waals surface area (Å²) in [5, 5.41) is 12.0. The highest BCUT2D eigenvalue weighted by Crippen LogP contribution is 2.16. The number of ether oxygens (including phenoxy) is 1. The van der Waals surface area contributed by atoms with Crippen LogP contribution >= 0.6 is 0 Å². The first-order valence-electron chi connectivity index (χ1n) is 8.44. The normalized spacial score (nSPS) is 10.8. The molecule has 0 bridgehead atoms. The summed E-state index contributed by atoms with van der Waals surface area (Å²) < 4.78 is 5.66. The number of carbonyl (C=O) groups excluding carboxylic acids is 1. The van der Waals surface area contributed by atoms with Crippen molar-refractivity contribution < 1.29 is 9.53 Å². The SMILES string of the molecule is CCCCCOc1ccc(C=C(C#N)C(=O)Nc2ccccc2)cc1. The Balaban J connectivity index is 1.99. The number of carbonyl (C=O) groups is 1. The first-order chi connectivity index (χ1) is 12.2. The molecule has 0 atom stereocenters. The van der Waals surface area contributed by atoms with Crippen LogP contribution < -0.4 is 10.1 Å². The van der Waals surface area contributed by atoms with Crippen LogP contribution in [0.25, 0.3) is 6.08 Å². The van der Waals surface area contributed by atoms with Gasteiger partial charge in [-0.3, -0.25) is 4.79 Å². The van der Waals surface area contributed by atoms with Crippen LogP contribution in [0.2, 0.25) is 0 Å². The summed E-state index contributed by atoms with van der Waals surface area (Å²) in [6.07, 6.45) is 4.92. The highest BCUT2D eigenvalue weighted by Gasteiger charge is 2.09. The molecule has 128 valence electrons. The molecule has 0 saturated carbocycles. The number of anilines is 1. The zero-order chi connectivity index (χ0) is 17.9. The van der Waals surface area contributed by atoms with Crippen molar-refractivity contribution in [1.82, 2.24) is 0 Å². The van der Waals surface area contributed by atoms with Gasteiger partial charge in [-0.2, -0.15) is 5.26 Å². The van der Waals surface area contributed by atoms with E-state index in [1.165, 1.54) is 0 Å². The van der Waals surface area contributed by atoms with Crippen molar-refractivity contribution in [2.45, 2.75) is 26.2 Å². The van der Waals surface area contributed by atoms with Crippen LogP contribution in [-0.2, 0) is 4.79 Å². The topological polar surface area (TPSA) is 62.1 Å². The van der Waals surface area contributed by atoms with Crippen molar-refractivity contribution in [3.8, 4) is 11.8 Å². The second kappa shape index (κ2) is 9.94. The van der Waals surface area contributed by atoms with E-state index in [-0.39, 0.29) is 5.57 Å². The lowest BCUT2D eigenvalue weighted by Gasteiger charge is -2.06. The number of nitrogens with zero attached hydrogens (tertiary/aromatic N) is 1. The summed E-state index contributed by atoms with van der Waals surface area (Å²) in [5.74, 6) is 0.370. The van der Waals surface area contributed by atoms with Crippen LogP contribution in [0.5, 0.6) is 5.75 Å². The maximum atomic E-state index is 12.2. The predicted molar refractivity (Wildman–Crippen MR) is 100 cm³/mol. The van der Waals surface area contributed by atoms with E-state index < -0.39 is 5.91 Å². The molecule has 2 aromatic rings. The van der Waals surface area contributed by atoms with Crippen LogP contribution in [0.4, 0.5) is 5.69 Å². The van der Waals surface area contributed by atoms with Crippen LogP contribution in [0.15, 0.2) is 60.2 Å². The van der Waals surface area contributed by atoms with Crippen LogP contribution in [-0.4, -0.2) is 12.5 Å². The largest absolute Gasteiger partial charge is 0.494 e. The van der Waals surface area contributed by atoms with Crippen molar-refractivity contribution in [2.75, 3.05) is 11.9 Å². The number of para-hydroxylation sites is 1. The van der Waals surface area contributed by atoms with Crippen molar-refractivity contribution in [3.63, 3.8) is 0 Å². The summed E-state index contributed by atoms with van der Waals surface area (Å²) >= 11 is 0. The fourth-order valence-electron chi connectivity index (χ4n) is 2.24. The quantitative estimate of drug-likeness (QED) is 0.428. The molecule has 0 aliphatic heterocycles.